The quantitative estimate of drug-likeness (QED) is 0.763. The molecule has 0 amide bonds. The highest BCUT2D eigenvalue weighted by molar-refractivity contribution is 5.38. The van der Waals surface area contributed by atoms with Gasteiger partial charge < -0.3 is 15.6 Å². The molecule has 1 heterocycles. The SMILES string of the molecule is NCCCOc1cnn(-c2cccc(O)c2)c1. The van der Waals surface area contributed by atoms with E-state index in [9.17, 15) is 5.11 Å². The lowest BCUT2D eigenvalue weighted by Gasteiger charge is -2.02. The Morgan fingerprint density at radius 3 is 3.06 bits per heavy atom. The number of phenolic OH excluding ortho intramolecular Hbond substituents is 1. The second-order valence-corrected chi connectivity index (χ2v) is 3.63. The van der Waals surface area contributed by atoms with E-state index >= 15 is 0 Å². The van der Waals surface area contributed by atoms with E-state index in [1.54, 1.807) is 35.3 Å². The molecule has 0 saturated carbocycles. The molecular formula is C12H15N3O2. The zero-order valence-corrected chi connectivity index (χ0v) is 9.41. The van der Waals surface area contributed by atoms with E-state index in [0.29, 0.717) is 18.9 Å². The maximum absolute atomic E-state index is 9.37. The van der Waals surface area contributed by atoms with Crippen molar-refractivity contribution >= 4 is 0 Å². The zero-order chi connectivity index (χ0) is 12.1. The molecular weight excluding hydrogens is 218 g/mol. The smallest absolute Gasteiger partial charge is 0.157 e. The molecule has 0 aliphatic rings. The molecule has 1 aromatic carbocycles. The Labute approximate surface area is 99.4 Å². The van der Waals surface area contributed by atoms with Crippen molar-refractivity contribution < 1.29 is 9.84 Å². The number of aromatic nitrogens is 2. The highest BCUT2D eigenvalue weighted by atomic mass is 16.5. The number of hydrogen-bond acceptors (Lipinski definition) is 4. The molecule has 17 heavy (non-hydrogen) atoms. The van der Waals surface area contributed by atoms with Crippen molar-refractivity contribution in [2.75, 3.05) is 13.2 Å². The first kappa shape index (κ1) is 11.5. The Morgan fingerprint density at radius 2 is 2.29 bits per heavy atom. The summed E-state index contributed by atoms with van der Waals surface area (Å²) < 4.78 is 7.10. The van der Waals surface area contributed by atoms with Gasteiger partial charge in [-0.15, -0.1) is 0 Å². The fourth-order valence-electron chi connectivity index (χ4n) is 1.43. The van der Waals surface area contributed by atoms with Crippen molar-refractivity contribution in [1.82, 2.24) is 9.78 Å². The number of rotatable bonds is 5. The average molecular weight is 233 g/mol. The van der Waals surface area contributed by atoms with Crippen LogP contribution in [-0.4, -0.2) is 28.0 Å². The van der Waals surface area contributed by atoms with Crippen molar-refractivity contribution in [3.63, 3.8) is 0 Å². The minimum absolute atomic E-state index is 0.212. The van der Waals surface area contributed by atoms with Gasteiger partial charge in [-0.05, 0) is 25.1 Å². The molecule has 0 aliphatic heterocycles. The van der Waals surface area contributed by atoms with E-state index in [-0.39, 0.29) is 5.75 Å². The standard InChI is InChI=1S/C12H15N3O2/c13-5-2-6-17-12-8-14-15(9-12)10-3-1-4-11(16)7-10/h1,3-4,7-9,16H,2,5-6,13H2. The summed E-state index contributed by atoms with van der Waals surface area (Å²) in [6.07, 6.45) is 4.23. The van der Waals surface area contributed by atoms with Gasteiger partial charge in [-0.1, -0.05) is 6.07 Å². The third-order valence-electron chi connectivity index (χ3n) is 2.27. The summed E-state index contributed by atoms with van der Waals surface area (Å²) in [6, 6.07) is 6.88. The number of nitrogens with zero attached hydrogens (tertiary/aromatic N) is 2. The summed E-state index contributed by atoms with van der Waals surface area (Å²) in [7, 11) is 0. The lowest BCUT2D eigenvalue weighted by atomic mass is 10.3. The molecule has 0 spiro atoms. The lowest BCUT2D eigenvalue weighted by Crippen LogP contribution is -2.05. The van der Waals surface area contributed by atoms with E-state index < -0.39 is 0 Å². The minimum Gasteiger partial charge on any atom is -0.508 e. The number of phenols is 1. The van der Waals surface area contributed by atoms with Crippen LogP contribution in [0.25, 0.3) is 5.69 Å². The second-order valence-electron chi connectivity index (χ2n) is 3.63. The highest BCUT2D eigenvalue weighted by Gasteiger charge is 2.02. The van der Waals surface area contributed by atoms with Crippen molar-refractivity contribution in [2.24, 2.45) is 5.73 Å². The van der Waals surface area contributed by atoms with Gasteiger partial charge in [0, 0.05) is 6.07 Å². The molecule has 0 fully saturated rings. The van der Waals surface area contributed by atoms with Crippen LogP contribution in [0.2, 0.25) is 0 Å². The summed E-state index contributed by atoms with van der Waals surface area (Å²) in [6.45, 7) is 1.20. The van der Waals surface area contributed by atoms with Crippen LogP contribution < -0.4 is 10.5 Å². The molecule has 3 N–H and O–H groups in total. The third-order valence-corrected chi connectivity index (χ3v) is 2.27. The molecule has 5 nitrogen and oxygen atoms in total. The van der Waals surface area contributed by atoms with Gasteiger partial charge in [-0.25, -0.2) is 4.68 Å². The summed E-state index contributed by atoms with van der Waals surface area (Å²) >= 11 is 0. The molecule has 0 saturated heterocycles. The van der Waals surface area contributed by atoms with E-state index in [0.717, 1.165) is 12.1 Å². The zero-order valence-electron chi connectivity index (χ0n) is 9.41. The Bertz CT molecular complexity index is 482. The third kappa shape index (κ3) is 2.98. The molecule has 2 aromatic rings. The molecule has 1 aromatic heterocycles. The fourth-order valence-corrected chi connectivity index (χ4v) is 1.43. The first-order chi connectivity index (χ1) is 8.29. The predicted octanol–water partition coefficient (Wildman–Crippen LogP) is 1.31. The Balaban J connectivity index is 2.07. The maximum atomic E-state index is 9.37. The van der Waals surface area contributed by atoms with Crippen molar-refractivity contribution in [3.05, 3.63) is 36.7 Å². The number of benzene rings is 1. The number of hydrogen-bond donors (Lipinski definition) is 2. The van der Waals surface area contributed by atoms with Crippen molar-refractivity contribution in [3.8, 4) is 17.2 Å². The van der Waals surface area contributed by atoms with Crippen LogP contribution in [0.3, 0.4) is 0 Å². The molecule has 0 atom stereocenters. The second kappa shape index (κ2) is 5.36. The van der Waals surface area contributed by atoms with E-state index in [4.69, 9.17) is 10.5 Å². The lowest BCUT2D eigenvalue weighted by molar-refractivity contribution is 0.313. The van der Waals surface area contributed by atoms with E-state index in [1.807, 2.05) is 6.07 Å². The van der Waals surface area contributed by atoms with Crippen LogP contribution in [0, 0.1) is 0 Å². The number of ether oxygens (including phenoxy) is 1. The van der Waals surface area contributed by atoms with Gasteiger partial charge in [-0.2, -0.15) is 5.10 Å². The van der Waals surface area contributed by atoms with Gasteiger partial charge in [-0.3, -0.25) is 0 Å². The van der Waals surface area contributed by atoms with Crippen LogP contribution in [-0.2, 0) is 0 Å². The van der Waals surface area contributed by atoms with Gasteiger partial charge in [0.25, 0.3) is 0 Å². The van der Waals surface area contributed by atoms with Crippen LogP contribution in [0.1, 0.15) is 6.42 Å². The van der Waals surface area contributed by atoms with Crippen LogP contribution >= 0.6 is 0 Å². The monoisotopic (exact) mass is 233 g/mol. The van der Waals surface area contributed by atoms with Gasteiger partial charge in [0.15, 0.2) is 5.75 Å². The largest absolute Gasteiger partial charge is 0.508 e. The fraction of sp³-hybridized carbons (Fsp3) is 0.250. The summed E-state index contributed by atoms with van der Waals surface area (Å²) in [5, 5.41) is 13.5. The van der Waals surface area contributed by atoms with E-state index in [2.05, 4.69) is 5.10 Å². The van der Waals surface area contributed by atoms with Gasteiger partial charge >= 0.3 is 0 Å². The summed E-state index contributed by atoms with van der Waals surface area (Å²) in [5.41, 5.74) is 6.17. The Hall–Kier alpha value is -2.01. The Kier molecular flexibility index (Phi) is 3.62. The predicted molar refractivity (Wildman–Crippen MR) is 64.4 cm³/mol. The van der Waals surface area contributed by atoms with E-state index in [1.165, 1.54) is 0 Å². The first-order valence-corrected chi connectivity index (χ1v) is 5.46. The first-order valence-electron chi connectivity index (χ1n) is 5.46. The molecule has 0 radical (unpaired) electrons. The van der Waals surface area contributed by atoms with Crippen molar-refractivity contribution in [2.45, 2.75) is 6.42 Å². The molecule has 0 unspecified atom stereocenters. The number of aromatic hydroxyl groups is 1. The van der Waals surface area contributed by atoms with Crippen LogP contribution in [0.15, 0.2) is 36.7 Å². The normalized spacial score (nSPS) is 10.4. The Morgan fingerprint density at radius 1 is 1.41 bits per heavy atom. The summed E-state index contributed by atoms with van der Waals surface area (Å²) in [5.74, 6) is 0.908. The average Bonchev–Trinajstić information content (AvgIpc) is 2.78. The van der Waals surface area contributed by atoms with Gasteiger partial charge in [0.05, 0.1) is 24.7 Å². The van der Waals surface area contributed by atoms with Crippen LogP contribution in [0.4, 0.5) is 0 Å². The molecule has 5 heteroatoms. The number of nitrogens with two attached hydrogens (primary N) is 1. The minimum atomic E-state index is 0.212. The van der Waals surface area contributed by atoms with Crippen molar-refractivity contribution in [1.29, 1.82) is 0 Å². The molecule has 2 rings (SSSR count). The van der Waals surface area contributed by atoms with Crippen LogP contribution in [0.5, 0.6) is 11.5 Å². The van der Waals surface area contributed by atoms with Gasteiger partial charge in [0.1, 0.15) is 5.75 Å². The molecule has 0 aliphatic carbocycles. The highest BCUT2D eigenvalue weighted by Crippen LogP contribution is 2.17. The topological polar surface area (TPSA) is 73.3 Å². The maximum Gasteiger partial charge on any atom is 0.157 e. The molecule has 90 valence electrons. The summed E-state index contributed by atoms with van der Waals surface area (Å²) in [4.78, 5) is 0. The van der Waals surface area contributed by atoms with Gasteiger partial charge in [0.2, 0.25) is 0 Å². The molecule has 0 bridgehead atoms.